The second-order valence-corrected chi connectivity index (χ2v) is 31.4. The fourth-order valence-electron chi connectivity index (χ4n) is 11.7. The Morgan fingerprint density at radius 2 is 0.620 bits per heavy atom. The Labute approximate surface area is 546 Å². The lowest BCUT2D eigenvalue weighted by Crippen LogP contribution is -2.27. The lowest BCUT2D eigenvalue weighted by Gasteiger charge is -2.28. The second kappa shape index (κ2) is 27.5. The Morgan fingerprint density at radius 3 is 0.870 bits per heavy atom. The number of aliphatic imine (C=N–C) groups is 4. The normalized spacial score (nSPS) is 18.1. The number of nitrogens with one attached hydrogen (secondary N) is 2. The van der Waals surface area contributed by atoms with Crippen LogP contribution < -0.4 is 20.3 Å². The molecule has 0 spiro atoms. The number of benzene rings is 6. The molecule has 0 saturated heterocycles. The number of carbonyl (C=O) groups is 2. The molecular weight excluding hydrogens is 1150 g/mol. The maximum absolute atomic E-state index is 13.7. The van der Waals surface area contributed by atoms with E-state index in [1.165, 1.54) is 0 Å². The van der Waals surface area contributed by atoms with Crippen molar-refractivity contribution in [1.82, 2.24) is 0 Å². The van der Waals surface area contributed by atoms with Crippen LogP contribution in [0.3, 0.4) is 0 Å². The molecule has 0 aromatic heterocycles. The quantitative estimate of drug-likeness (QED) is 0.0248. The van der Waals surface area contributed by atoms with Crippen molar-refractivity contribution in [1.29, 1.82) is 0 Å². The molecule has 6 aromatic carbocycles. The van der Waals surface area contributed by atoms with Gasteiger partial charge in [0.05, 0.1) is 46.7 Å². The topological polar surface area (TPSA) is 207 Å². The van der Waals surface area contributed by atoms with E-state index < -0.39 is 22.8 Å². The summed E-state index contributed by atoms with van der Waals surface area (Å²) in [7, 11) is 0. The van der Waals surface area contributed by atoms with Gasteiger partial charge in [-0.3, -0.25) is 20.0 Å². The van der Waals surface area contributed by atoms with Crippen LogP contribution in [0, 0.1) is 0 Å². The van der Waals surface area contributed by atoms with E-state index in [2.05, 4.69) is 106 Å². The van der Waals surface area contributed by atoms with E-state index >= 15 is 0 Å². The number of phenols is 4. The van der Waals surface area contributed by atoms with E-state index in [1.54, 1.807) is 97.7 Å². The lowest BCUT2D eigenvalue weighted by molar-refractivity contribution is 0.0724. The third kappa shape index (κ3) is 17.5. The summed E-state index contributed by atoms with van der Waals surface area (Å²) < 4.78 is 12.0. The zero-order chi connectivity index (χ0) is 67.5. The van der Waals surface area contributed by atoms with Crippen molar-refractivity contribution >= 4 is 48.2 Å². The number of hydrogen-bond acceptors (Lipinski definition) is 14. The summed E-state index contributed by atoms with van der Waals surface area (Å²) in [5.74, 6) is 0.00867. The van der Waals surface area contributed by atoms with Crippen LogP contribution in [0.1, 0.15) is 252 Å². The van der Waals surface area contributed by atoms with Crippen LogP contribution in [0.5, 0.6) is 34.5 Å². The molecule has 14 nitrogen and oxygen atoms in total. The highest BCUT2D eigenvalue weighted by molar-refractivity contribution is 5.94. The van der Waals surface area contributed by atoms with Crippen molar-refractivity contribution in [2.75, 3.05) is 10.9 Å². The first-order chi connectivity index (χ1) is 42.8. The van der Waals surface area contributed by atoms with Gasteiger partial charge < -0.3 is 40.8 Å². The molecule has 6 aromatic rings. The average Bonchev–Trinajstić information content (AvgIpc) is 0.819. The molecule has 0 radical (unpaired) electrons. The molecule has 92 heavy (non-hydrogen) atoms. The average molecular weight is 1250 g/mol. The van der Waals surface area contributed by atoms with Gasteiger partial charge in [0.25, 0.3) is 0 Å². The van der Waals surface area contributed by atoms with Crippen molar-refractivity contribution in [3.63, 3.8) is 0 Å². The third-order valence-electron chi connectivity index (χ3n) is 17.5. The number of ether oxygens (including phenoxy) is 2. The predicted octanol–water partition coefficient (Wildman–Crippen LogP) is 17.9. The first kappa shape index (κ1) is 69.6. The fraction of sp³-hybridized carbons (Fsp3) is 0.462. The van der Waals surface area contributed by atoms with Gasteiger partial charge in [-0.15, -0.1) is 0 Å². The molecule has 2 saturated carbocycles. The summed E-state index contributed by atoms with van der Waals surface area (Å²) in [6.45, 7) is 37.5. The molecule has 0 aliphatic heterocycles. The Bertz CT molecular complexity index is 3510. The molecule has 14 heteroatoms. The number of nitrogens with zero attached hydrogens (tertiary/aromatic N) is 4. The molecule has 490 valence electrons. The lowest BCUT2D eigenvalue weighted by atomic mass is 9.79. The molecule has 2 aliphatic carbocycles. The molecule has 0 amide bonds. The van der Waals surface area contributed by atoms with E-state index in [0.717, 1.165) is 73.6 Å². The summed E-state index contributed by atoms with van der Waals surface area (Å²) in [5.41, 5.74) is 13.9. The summed E-state index contributed by atoms with van der Waals surface area (Å²) in [4.78, 5) is 47.6. The molecule has 8 rings (SSSR count). The molecule has 0 bridgehead atoms. The van der Waals surface area contributed by atoms with Crippen LogP contribution in [-0.2, 0) is 32.5 Å². The van der Waals surface area contributed by atoms with Crippen LogP contribution >= 0.6 is 0 Å². The number of esters is 2. The SMILES string of the molecule is CC(C)(C)c1cc(C=N[C@@H]2CCCC[C@H]2N=Cc2cc(OC(=O)c3ccc(NNc4ccc(C(=O)Oc5cc(C=N[C@@H]6CCCC[C@H]6N=Cc6cc(C(C)(C)C)cc(C(C)(C)C)c6O)c(O)c(C(C)(C)C)c5)cc4)cc3)cc(C(C)(C)C)c2O)c(O)c(C(C)(C)C)c1. The van der Waals surface area contributed by atoms with Crippen molar-refractivity contribution in [3.8, 4) is 34.5 Å². The Morgan fingerprint density at radius 1 is 0.370 bits per heavy atom. The Hall–Kier alpha value is -8.26. The minimum absolute atomic E-state index is 0.0663. The van der Waals surface area contributed by atoms with Gasteiger partial charge in [-0.1, -0.05) is 162 Å². The van der Waals surface area contributed by atoms with E-state index in [9.17, 15) is 30.0 Å². The monoisotopic (exact) mass is 1250 g/mol. The molecule has 4 atom stereocenters. The number of rotatable bonds is 15. The zero-order valence-corrected chi connectivity index (χ0v) is 57.7. The first-order valence-electron chi connectivity index (χ1n) is 32.7. The van der Waals surface area contributed by atoms with Gasteiger partial charge in [-0.25, -0.2) is 9.59 Å². The minimum atomic E-state index is -0.576. The van der Waals surface area contributed by atoms with Gasteiger partial charge in [-0.05, 0) is 154 Å². The van der Waals surface area contributed by atoms with Crippen LogP contribution in [0.15, 0.2) is 117 Å². The number of hydrogen-bond donors (Lipinski definition) is 6. The third-order valence-corrected chi connectivity index (χ3v) is 17.5. The van der Waals surface area contributed by atoms with Gasteiger partial charge in [0, 0.05) is 69.4 Å². The van der Waals surface area contributed by atoms with Gasteiger partial charge >= 0.3 is 11.9 Å². The Kier molecular flexibility index (Phi) is 20.8. The number of phenolic OH excluding ortho intramolecular Hbond substituents is 4. The predicted molar refractivity (Wildman–Crippen MR) is 377 cm³/mol. The molecule has 6 N–H and O–H groups in total. The smallest absolute Gasteiger partial charge is 0.343 e. The molecule has 0 heterocycles. The number of hydrazine groups is 1. The van der Waals surface area contributed by atoms with E-state index in [0.29, 0.717) is 55.9 Å². The van der Waals surface area contributed by atoms with Gasteiger partial charge in [0.15, 0.2) is 0 Å². The van der Waals surface area contributed by atoms with Crippen molar-refractivity contribution in [3.05, 3.63) is 164 Å². The first-order valence-corrected chi connectivity index (χ1v) is 32.7. The molecule has 0 unspecified atom stereocenters. The number of aromatic hydroxyl groups is 4. The standard InChI is InChI=1S/C78H100N6O8/c1-73(2,3)53-35-49(67(85)59(39-53)75(7,8)9)43-79-63-23-19-21-25-65(63)81-45-51-37-57(41-61(69(51)87)77(13,14)15)91-71(89)47-27-31-55(32-28-47)83-84-56-33-29-48(30-34-56)72(90)92-58-38-52(70(88)62(42-58)78(16,17)18)46-82-66-26-22-20-24-64(66)80-44-50-36-54(74(4,5)6)40-60(68(50)86)76(10,11)12/h27-46,63-66,83-88H,19-26H2,1-18H3/t63-,64-,65-,66-/m1/s1. The van der Waals surface area contributed by atoms with Gasteiger partial charge in [0.2, 0.25) is 0 Å². The number of carbonyl (C=O) groups excluding carboxylic acids is 2. The van der Waals surface area contributed by atoms with Crippen LogP contribution in [0.4, 0.5) is 11.4 Å². The van der Waals surface area contributed by atoms with Crippen LogP contribution in [0.25, 0.3) is 0 Å². The van der Waals surface area contributed by atoms with Gasteiger partial charge in [-0.2, -0.15) is 0 Å². The van der Waals surface area contributed by atoms with Gasteiger partial charge in [0.1, 0.15) is 34.5 Å². The van der Waals surface area contributed by atoms with Crippen LogP contribution in [-0.4, -0.2) is 81.4 Å². The summed E-state index contributed by atoms with van der Waals surface area (Å²) in [5, 5.41) is 46.2. The maximum Gasteiger partial charge on any atom is 0.343 e. The van der Waals surface area contributed by atoms with Crippen molar-refractivity contribution in [2.45, 2.75) is 233 Å². The number of anilines is 2. The summed E-state index contributed by atoms with van der Waals surface area (Å²) in [6, 6.07) is 28.0. The molecule has 2 fully saturated rings. The zero-order valence-electron chi connectivity index (χ0n) is 57.7. The highest BCUT2D eigenvalue weighted by Gasteiger charge is 2.31. The largest absolute Gasteiger partial charge is 0.507 e. The second-order valence-electron chi connectivity index (χ2n) is 31.4. The van der Waals surface area contributed by atoms with Crippen molar-refractivity contribution < 1.29 is 39.5 Å². The fourth-order valence-corrected chi connectivity index (χ4v) is 11.7. The van der Waals surface area contributed by atoms with E-state index in [-0.39, 0.29) is 80.3 Å². The highest BCUT2D eigenvalue weighted by Crippen LogP contribution is 2.42. The maximum atomic E-state index is 13.7. The van der Waals surface area contributed by atoms with E-state index in [1.807, 2.05) is 53.7 Å². The Balaban J connectivity index is 0.905. The van der Waals surface area contributed by atoms with Crippen molar-refractivity contribution in [2.24, 2.45) is 20.0 Å². The molecular formula is C78H100N6O8. The van der Waals surface area contributed by atoms with Crippen LogP contribution in [0.2, 0.25) is 0 Å². The summed E-state index contributed by atoms with van der Waals surface area (Å²) >= 11 is 0. The minimum Gasteiger partial charge on any atom is -0.507 e. The van der Waals surface area contributed by atoms with E-state index in [4.69, 9.17) is 29.4 Å². The summed E-state index contributed by atoms with van der Waals surface area (Å²) in [6.07, 6.45) is 14.2. The molecule has 2 aliphatic rings. The highest BCUT2D eigenvalue weighted by atomic mass is 16.5.